The van der Waals surface area contributed by atoms with Crippen LogP contribution in [-0.2, 0) is 20.8 Å². The van der Waals surface area contributed by atoms with Crippen LogP contribution in [0.5, 0.6) is 0 Å². The number of hydrogen-bond acceptors (Lipinski definition) is 5. The van der Waals surface area contributed by atoms with Gasteiger partial charge in [0.25, 0.3) is 0 Å². The van der Waals surface area contributed by atoms with Crippen molar-refractivity contribution in [3.8, 4) is 0 Å². The van der Waals surface area contributed by atoms with Gasteiger partial charge in [0.05, 0.1) is 34.8 Å². The molecule has 1 unspecified atom stereocenters. The Morgan fingerprint density at radius 1 is 1.24 bits per heavy atom. The van der Waals surface area contributed by atoms with Crippen LogP contribution in [0.25, 0.3) is 0 Å². The number of amides is 2. The van der Waals surface area contributed by atoms with Crippen LogP contribution in [-0.4, -0.2) is 37.2 Å². The zero-order valence-corrected chi connectivity index (χ0v) is 18.2. The Kier molecular flexibility index (Phi) is 7.18. The van der Waals surface area contributed by atoms with Crippen LogP contribution < -0.4 is 5.32 Å². The average Bonchev–Trinajstić information content (AvgIpc) is 3.20. The number of thiophene rings is 1. The molecule has 0 bridgehead atoms. The van der Waals surface area contributed by atoms with Crippen molar-refractivity contribution in [2.24, 2.45) is 0 Å². The van der Waals surface area contributed by atoms with Crippen molar-refractivity contribution < 1.29 is 19.1 Å². The van der Waals surface area contributed by atoms with Crippen LogP contribution in [0.1, 0.15) is 23.4 Å². The Balaban J connectivity index is 1.99. The first-order valence-corrected chi connectivity index (χ1v) is 10.5. The predicted molar refractivity (Wildman–Crippen MR) is 113 cm³/mol. The van der Waals surface area contributed by atoms with E-state index in [1.807, 2.05) is 17.5 Å². The summed E-state index contributed by atoms with van der Waals surface area (Å²) in [5, 5.41) is 5.56. The number of esters is 1. The van der Waals surface area contributed by atoms with Gasteiger partial charge < -0.3 is 14.8 Å². The fourth-order valence-corrected chi connectivity index (χ4v) is 4.03. The van der Waals surface area contributed by atoms with Crippen molar-refractivity contribution in [2.75, 3.05) is 20.3 Å². The third-order valence-electron chi connectivity index (χ3n) is 4.51. The number of nitrogens with one attached hydrogen (secondary N) is 1. The first kappa shape index (κ1) is 21.6. The number of carbonyl (C=O) groups excluding carboxylic acids is 2. The van der Waals surface area contributed by atoms with Crippen LogP contribution in [0.4, 0.5) is 4.79 Å². The summed E-state index contributed by atoms with van der Waals surface area (Å²) < 4.78 is 10.3. The Labute approximate surface area is 183 Å². The molecule has 1 aromatic carbocycles. The Morgan fingerprint density at radius 2 is 2.03 bits per heavy atom. The molecule has 29 heavy (non-hydrogen) atoms. The number of hydrogen-bond donors (Lipinski definition) is 1. The van der Waals surface area contributed by atoms with Crippen molar-refractivity contribution in [1.82, 2.24) is 10.2 Å². The molecule has 2 aromatic rings. The highest BCUT2D eigenvalue weighted by Crippen LogP contribution is 2.35. The average molecular weight is 455 g/mol. The fraction of sp³-hybridized carbons (Fsp3) is 0.300. The first-order chi connectivity index (χ1) is 13.9. The van der Waals surface area contributed by atoms with Crippen molar-refractivity contribution in [2.45, 2.75) is 19.5 Å². The Bertz CT molecular complexity index is 931. The molecule has 9 heteroatoms. The Hall–Kier alpha value is -2.06. The standard InChI is InChI=1S/C20H20Cl2N2O4S/c1-12-17(19(25)28-8-7-27-2)18(13-5-6-15(21)16(22)10-13)23-20(26)24(12)11-14-4-3-9-29-14/h3-6,9-10,18H,7-8,11H2,1-2H3,(H,23,26). The van der Waals surface area contributed by atoms with E-state index in [-0.39, 0.29) is 19.2 Å². The van der Waals surface area contributed by atoms with E-state index >= 15 is 0 Å². The first-order valence-electron chi connectivity index (χ1n) is 8.84. The number of methoxy groups -OCH3 is 1. The van der Waals surface area contributed by atoms with E-state index in [2.05, 4.69) is 5.32 Å². The van der Waals surface area contributed by atoms with Crippen LogP contribution in [0.15, 0.2) is 47.0 Å². The van der Waals surface area contributed by atoms with Crippen LogP contribution in [0, 0.1) is 0 Å². The fourth-order valence-electron chi connectivity index (χ4n) is 3.03. The molecule has 0 spiro atoms. The number of carbonyl (C=O) groups is 2. The summed E-state index contributed by atoms with van der Waals surface area (Å²) in [7, 11) is 1.53. The maximum absolute atomic E-state index is 12.9. The molecule has 0 aliphatic carbocycles. The third-order valence-corrected chi connectivity index (χ3v) is 6.11. The van der Waals surface area contributed by atoms with E-state index in [4.69, 9.17) is 32.7 Å². The monoisotopic (exact) mass is 454 g/mol. The van der Waals surface area contributed by atoms with Gasteiger partial charge in [0.15, 0.2) is 0 Å². The number of allylic oxidation sites excluding steroid dienone is 1. The van der Waals surface area contributed by atoms with Gasteiger partial charge in [-0.3, -0.25) is 4.90 Å². The van der Waals surface area contributed by atoms with Crippen molar-refractivity contribution >= 4 is 46.5 Å². The molecule has 1 atom stereocenters. The van der Waals surface area contributed by atoms with Gasteiger partial charge in [-0.2, -0.15) is 0 Å². The van der Waals surface area contributed by atoms with Crippen molar-refractivity contribution in [3.05, 3.63) is 67.5 Å². The lowest BCUT2D eigenvalue weighted by Gasteiger charge is -2.35. The number of ether oxygens (including phenoxy) is 2. The maximum Gasteiger partial charge on any atom is 0.338 e. The second-order valence-electron chi connectivity index (χ2n) is 6.35. The van der Waals surface area contributed by atoms with Gasteiger partial charge in [0, 0.05) is 17.7 Å². The molecule has 2 heterocycles. The maximum atomic E-state index is 12.9. The minimum Gasteiger partial charge on any atom is -0.460 e. The molecule has 6 nitrogen and oxygen atoms in total. The number of rotatable bonds is 7. The number of benzene rings is 1. The summed E-state index contributed by atoms with van der Waals surface area (Å²) in [6.45, 7) is 2.49. The van der Waals surface area contributed by atoms with E-state index < -0.39 is 12.0 Å². The van der Waals surface area contributed by atoms with E-state index in [1.54, 1.807) is 25.1 Å². The summed E-state index contributed by atoms with van der Waals surface area (Å²) in [4.78, 5) is 28.3. The van der Waals surface area contributed by atoms with E-state index in [0.717, 1.165) is 4.88 Å². The molecule has 1 aliphatic rings. The van der Waals surface area contributed by atoms with Crippen LogP contribution in [0.3, 0.4) is 0 Å². The molecule has 0 saturated heterocycles. The summed E-state index contributed by atoms with van der Waals surface area (Å²) >= 11 is 13.7. The zero-order valence-electron chi connectivity index (χ0n) is 15.9. The Morgan fingerprint density at radius 3 is 2.69 bits per heavy atom. The van der Waals surface area contributed by atoms with Crippen LogP contribution in [0.2, 0.25) is 10.0 Å². The second-order valence-corrected chi connectivity index (χ2v) is 8.20. The summed E-state index contributed by atoms with van der Waals surface area (Å²) in [5.41, 5.74) is 1.51. The lowest BCUT2D eigenvalue weighted by Crippen LogP contribution is -2.47. The molecule has 1 N–H and O–H groups in total. The molecule has 0 saturated carbocycles. The van der Waals surface area contributed by atoms with Gasteiger partial charge in [0.2, 0.25) is 0 Å². The van der Waals surface area contributed by atoms with Gasteiger partial charge in [-0.05, 0) is 36.1 Å². The molecule has 1 aliphatic heterocycles. The van der Waals surface area contributed by atoms with E-state index in [1.165, 1.54) is 23.3 Å². The topological polar surface area (TPSA) is 67.9 Å². The summed E-state index contributed by atoms with van der Waals surface area (Å²) in [5.74, 6) is -0.521. The number of halogens is 2. The van der Waals surface area contributed by atoms with E-state index in [0.29, 0.717) is 33.4 Å². The van der Waals surface area contributed by atoms with Gasteiger partial charge in [-0.15, -0.1) is 11.3 Å². The minimum absolute atomic E-state index is 0.110. The third kappa shape index (κ3) is 4.93. The molecule has 2 amide bonds. The molecule has 1 aromatic heterocycles. The molecule has 0 radical (unpaired) electrons. The van der Waals surface area contributed by atoms with Gasteiger partial charge in [-0.1, -0.05) is 35.3 Å². The highest BCUT2D eigenvalue weighted by Gasteiger charge is 2.36. The van der Waals surface area contributed by atoms with Gasteiger partial charge in [0.1, 0.15) is 6.61 Å². The molecule has 0 fully saturated rings. The van der Waals surface area contributed by atoms with Crippen molar-refractivity contribution in [3.63, 3.8) is 0 Å². The largest absolute Gasteiger partial charge is 0.460 e. The minimum atomic E-state index is -0.702. The number of urea groups is 1. The second kappa shape index (κ2) is 9.63. The molecule has 3 rings (SSSR count). The summed E-state index contributed by atoms with van der Waals surface area (Å²) in [6.07, 6.45) is 0. The predicted octanol–water partition coefficient (Wildman–Crippen LogP) is 4.79. The van der Waals surface area contributed by atoms with Crippen molar-refractivity contribution in [1.29, 1.82) is 0 Å². The molecular formula is C20H20Cl2N2O4S. The highest BCUT2D eigenvalue weighted by atomic mass is 35.5. The quantitative estimate of drug-likeness (QED) is 0.482. The lowest BCUT2D eigenvalue weighted by molar-refractivity contribution is -0.140. The number of nitrogens with zero attached hydrogens (tertiary/aromatic N) is 1. The summed E-state index contributed by atoms with van der Waals surface area (Å²) in [6, 6.07) is 7.84. The van der Waals surface area contributed by atoms with Gasteiger partial charge in [-0.25, -0.2) is 9.59 Å². The molecular weight excluding hydrogens is 435 g/mol. The van der Waals surface area contributed by atoms with Crippen LogP contribution >= 0.6 is 34.5 Å². The zero-order chi connectivity index (χ0) is 21.0. The molecule has 154 valence electrons. The van der Waals surface area contributed by atoms with Gasteiger partial charge >= 0.3 is 12.0 Å². The highest BCUT2D eigenvalue weighted by molar-refractivity contribution is 7.09. The SMILES string of the molecule is COCCOC(=O)C1=C(C)N(Cc2cccs2)C(=O)NC1c1ccc(Cl)c(Cl)c1. The lowest BCUT2D eigenvalue weighted by atomic mass is 9.95. The normalized spacial score (nSPS) is 16.8. The van der Waals surface area contributed by atoms with E-state index in [9.17, 15) is 9.59 Å². The smallest absolute Gasteiger partial charge is 0.338 e.